The molecule has 0 radical (unpaired) electrons. The summed E-state index contributed by atoms with van der Waals surface area (Å²) in [7, 11) is 1.19. The van der Waals surface area contributed by atoms with E-state index in [-0.39, 0.29) is 17.7 Å². The Morgan fingerprint density at radius 3 is 2.53 bits per heavy atom. The molecule has 2 rings (SSSR count). The van der Waals surface area contributed by atoms with Gasteiger partial charge in [-0.3, -0.25) is 0 Å². The fraction of sp³-hybridized carbons (Fsp3) is 0.368. The second kappa shape index (κ2) is 8.86. The maximum absolute atomic E-state index is 13.2. The van der Waals surface area contributed by atoms with Crippen LogP contribution in [-0.4, -0.2) is 37.1 Å². The highest BCUT2D eigenvalue weighted by atomic mass is 19.4. The van der Waals surface area contributed by atoms with Gasteiger partial charge >= 0.3 is 18.2 Å². The molecule has 2 N–H and O–H groups in total. The number of nitrogens with one attached hydrogen (secondary N) is 2. The van der Waals surface area contributed by atoms with Crippen molar-refractivity contribution in [1.82, 2.24) is 10.6 Å². The van der Waals surface area contributed by atoms with Crippen molar-refractivity contribution >= 4 is 18.2 Å². The number of carbonyl (C=O) groups is 2. The SMILES string of the molecule is COC(=O)C(C)(C)NC(=O)NC1=CCC(Oc2ccc(C#N)cc2C(F)(F)F)N=C1. The van der Waals surface area contributed by atoms with Gasteiger partial charge in [0.1, 0.15) is 11.3 Å². The monoisotopic (exact) mass is 424 g/mol. The number of rotatable bonds is 5. The van der Waals surface area contributed by atoms with Crippen LogP contribution in [0.4, 0.5) is 18.0 Å². The summed E-state index contributed by atoms with van der Waals surface area (Å²) in [6.07, 6.45) is -2.81. The van der Waals surface area contributed by atoms with Gasteiger partial charge in [0.05, 0.1) is 30.0 Å². The number of urea groups is 1. The van der Waals surface area contributed by atoms with Crippen molar-refractivity contribution in [3.05, 3.63) is 41.1 Å². The predicted molar refractivity (Wildman–Crippen MR) is 99.5 cm³/mol. The number of methoxy groups -OCH3 is 1. The van der Waals surface area contributed by atoms with Crippen LogP contribution in [0.3, 0.4) is 0 Å². The Morgan fingerprint density at radius 2 is 2.00 bits per heavy atom. The lowest BCUT2D eigenvalue weighted by atomic mass is 10.1. The van der Waals surface area contributed by atoms with E-state index in [9.17, 15) is 22.8 Å². The molecule has 0 aliphatic carbocycles. The van der Waals surface area contributed by atoms with Crippen LogP contribution in [0.25, 0.3) is 0 Å². The first-order chi connectivity index (χ1) is 14.0. The number of aliphatic imine (C=N–C) groups is 1. The number of ether oxygens (including phenoxy) is 2. The number of benzene rings is 1. The summed E-state index contributed by atoms with van der Waals surface area (Å²) in [6, 6.07) is 3.95. The van der Waals surface area contributed by atoms with Crippen LogP contribution in [-0.2, 0) is 15.7 Å². The van der Waals surface area contributed by atoms with Gasteiger partial charge in [-0.2, -0.15) is 18.4 Å². The Morgan fingerprint density at radius 1 is 1.30 bits per heavy atom. The van der Waals surface area contributed by atoms with Crippen LogP contribution >= 0.6 is 0 Å². The fourth-order valence-electron chi connectivity index (χ4n) is 2.49. The molecule has 2 amide bonds. The van der Waals surface area contributed by atoms with Crippen molar-refractivity contribution in [1.29, 1.82) is 5.26 Å². The van der Waals surface area contributed by atoms with E-state index in [4.69, 9.17) is 10.00 Å². The molecule has 1 aliphatic heterocycles. The lowest BCUT2D eigenvalue weighted by Crippen LogP contribution is -2.53. The van der Waals surface area contributed by atoms with Crippen LogP contribution < -0.4 is 15.4 Å². The molecule has 1 heterocycles. The number of hydrogen-bond acceptors (Lipinski definition) is 6. The zero-order valence-electron chi connectivity index (χ0n) is 16.3. The quantitative estimate of drug-likeness (QED) is 0.706. The minimum absolute atomic E-state index is 0.0871. The molecule has 1 aliphatic rings. The van der Waals surface area contributed by atoms with Crippen LogP contribution in [0.2, 0.25) is 0 Å². The largest absolute Gasteiger partial charge is 0.468 e. The average molecular weight is 424 g/mol. The van der Waals surface area contributed by atoms with Gasteiger partial charge in [0.15, 0.2) is 6.23 Å². The fourth-order valence-corrected chi connectivity index (χ4v) is 2.49. The summed E-state index contributed by atoms with van der Waals surface area (Å²) in [6.45, 7) is 2.92. The molecule has 0 bridgehead atoms. The summed E-state index contributed by atoms with van der Waals surface area (Å²) in [5.41, 5.74) is -2.20. The molecule has 1 aromatic rings. The molecule has 0 spiro atoms. The Balaban J connectivity index is 2.01. The number of allylic oxidation sites excluding steroid dienone is 1. The van der Waals surface area contributed by atoms with E-state index in [2.05, 4.69) is 20.4 Å². The van der Waals surface area contributed by atoms with Gasteiger partial charge in [-0.05, 0) is 32.0 Å². The molecule has 0 saturated heterocycles. The first-order valence-electron chi connectivity index (χ1n) is 8.65. The number of dihydropyridines is 1. The Hall–Kier alpha value is -3.55. The number of halogens is 3. The van der Waals surface area contributed by atoms with E-state index in [1.807, 2.05) is 0 Å². The Labute approximate surface area is 170 Å². The molecule has 0 saturated carbocycles. The molecule has 0 fully saturated rings. The van der Waals surface area contributed by atoms with Crippen LogP contribution in [0.5, 0.6) is 5.75 Å². The van der Waals surface area contributed by atoms with Gasteiger partial charge in [-0.15, -0.1) is 0 Å². The molecule has 8 nitrogen and oxygen atoms in total. The highest BCUT2D eigenvalue weighted by Crippen LogP contribution is 2.37. The van der Waals surface area contributed by atoms with Crippen LogP contribution in [0, 0.1) is 11.3 Å². The number of esters is 1. The second-order valence-corrected chi connectivity index (χ2v) is 6.76. The van der Waals surface area contributed by atoms with E-state index in [1.165, 1.54) is 39.3 Å². The van der Waals surface area contributed by atoms with Gasteiger partial charge in [0.25, 0.3) is 0 Å². The molecular formula is C19H19F3N4O4. The zero-order chi connectivity index (χ0) is 22.5. The first-order valence-corrected chi connectivity index (χ1v) is 8.65. The highest BCUT2D eigenvalue weighted by Gasteiger charge is 2.35. The summed E-state index contributed by atoms with van der Waals surface area (Å²) in [5, 5.41) is 13.7. The van der Waals surface area contributed by atoms with E-state index >= 15 is 0 Å². The molecule has 160 valence electrons. The molecule has 1 unspecified atom stereocenters. The van der Waals surface area contributed by atoms with E-state index in [0.29, 0.717) is 6.07 Å². The van der Waals surface area contributed by atoms with Gasteiger partial charge in [-0.25, -0.2) is 14.6 Å². The maximum atomic E-state index is 13.2. The minimum Gasteiger partial charge on any atom is -0.468 e. The van der Waals surface area contributed by atoms with Gasteiger partial charge < -0.3 is 20.1 Å². The molecule has 1 atom stereocenters. The third-order valence-corrected chi connectivity index (χ3v) is 3.98. The van der Waals surface area contributed by atoms with Crippen LogP contribution in [0.15, 0.2) is 35.0 Å². The zero-order valence-corrected chi connectivity index (χ0v) is 16.3. The smallest absolute Gasteiger partial charge is 0.420 e. The maximum Gasteiger partial charge on any atom is 0.420 e. The number of amides is 2. The van der Waals surface area contributed by atoms with Crippen molar-refractivity contribution in [3.8, 4) is 11.8 Å². The van der Waals surface area contributed by atoms with Gasteiger partial charge in [0.2, 0.25) is 0 Å². The van der Waals surface area contributed by atoms with Gasteiger partial charge in [-0.1, -0.05) is 6.08 Å². The molecule has 11 heteroatoms. The summed E-state index contributed by atoms with van der Waals surface area (Å²) >= 11 is 0. The first kappa shape index (κ1) is 22.7. The van der Waals surface area contributed by atoms with Crippen molar-refractivity contribution in [2.75, 3.05) is 7.11 Å². The highest BCUT2D eigenvalue weighted by molar-refractivity contribution is 5.91. The normalized spacial score (nSPS) is 16.2. The van der Waals surface area contributed by atoms with Crippen molar-refractivity contribution in [3.63, 3.8) is 0 Å². The van der Waals surface area contributed by atoms with E-state index < -0.39 is 41.3 Å². The molecule has 30 heavy (non-hydrogen) atoms. The Bertz CT molecular complexity index is 933. The number of alkyl halides is 3. The van der Waals surface area contributed by atoms with E-state index in [1.54, 1.807) is 6.07 Å². The number of nitrogens with zero attached hydrogens (tertiary/aromatic N) is 2. The van der Waals surface area contributed by atoms with Crippen molar-refractivity contribution < 1.29 is 32.2 Å². The molecule has 1 aromatic carbocycles. The molecular weight excluding hydrogens is 405 g/mol. The standard InChI is InChI=1S/C19H19F3N4O4/c1-18(2,16(27)29-3)26-17(28)25-12-5-7-15(24-10-12)30-14-6-4-11(9-23)8-13(14)19(20,21)22/h4-6,8,10,15H,7H2,1-3H3,(H2,25,26,28). The molecule has 0 aromatic heterocycles. The topological polar surface area (TPSA) is 113 Å². The number of nitriles is 1. The predicted octanol–water partition coefficient (Wildman–Crippen LogP) is 2.89. The number of hydrogen-bond donors (Lipinski definition) is 2. The van der Waals surface area contributed by atoms with Crippen molar-refractivity contribution in [2.24, 2.45) is 4.99 Å². The minimum atomic E-state index is -4.70. The number of carbonyl (C=O) groups excluding carboxylic acids is 2. The van der Waals surface area contributed by atoms with E-state index in [0.717, 1.165) is 6.07 Å². The summed E-state index contributed by atoms with van der Waals surface area (Å²) in [5.74, 6) is -1.09. The van der Waals surface area contributed by atoms with Crippen molar-refractivity contribution in [2.45, 2.75) is 38.2 Å². The average Bonchev–Trinajstić information content (AvgIpc) is 2.67. The van der Waals surface area contributed by atoms with Gasteiger partial charge in [0, 0.05) is 12.6 Å². The van der Waals surface area contributed by atoms with Crippen LogP contribution in [0.1, 0.15) is 31.4 Å². The lowest BCUT2D eigenvalue weighted by Gasteiger charge is -2.24. The third kappa shape index (κ3) is 5.73. The summed E-state index contributed by atoms with van der Waals surface area (Å²) < 4.78 is 49.6. The Kier molecular flexibility index (Phi) is 6.71. The third-order valence-electron chi connectivity index (χ3n) is 3.98. The lowest BCUT2D eigenvalue weighted by molar-refractivity contribution is -0.146. The summed E-state index contributed by atoms with van der Waals surface area (Å²) in [4.78, 5) is 27.6. The second-order valence-electron chi connectivity index (χ2n) is 6.76.